The van der Waals surface area contributed by atoms with Crippen LogP contribution >= 0.6 is 45.2 Å². The van der Waals surface area contributed by atoms with Gasteiger partial charge >= 0.3 is 0 Å². The number of hydrogen-bond acceptors (Lipinski definition) is 3. The van der Waals surface area contributed by atoms with E-state index in [9.17, 15) is 15.2 Å². The summed E-state index contributed by atoms with van der Waals surface area (Å²) in [6.45, 7) is 0. The molecule has 0 saturated heterocycles. The van der Waals surface area contributed by atoms with Gasteiger partial charge in [0.25, 0.3) is 5.69 Å². The molecular weight excluding hydrogens is 388 g/mol. The average molecular weight is 391 g/mol. The molecule has 0 unspecified atom stereocenters. The average Bonchev–Trinajstić information content (AvgIpc) is 2.00. The molecular formula is C6H3I2NO3. The van der Waals surface area contributed by atoms with Crippen molar-refractivity contribution in [2.75, 3.05) is 0 Å². The first-order valence-corrected chi connectivity index (χ1v) is 5.01. The summed E-state index contributed by atoms with van der Waals surface area (Å²) < 4.78 is 0.895. The summed E-state index contributed by atoms with van der Waals surface area (Å²) in [6.07, 6.45) is 0. The Morgan fingerprint density at radius 3 is 2.50 bits per heavy atom. The van der Waals surface area contributed by atoms with Gasteiger partial charge in [0.05, 0.1) is 8.49 Å². The van der Waals surface area contributed by atoms with Gasteiger partial charge in [-0.15, -0.1) is 0 Å². The van der Waals surface area contributed by atoms with E-state index in [2.05, 4.69) is 0 Å². The number of phenolic OH excluding ortho intramolecular Hbond substituents is 1. The highest BCUT2D eigenvalue weighted by molar-refractivity contribution is 14.1. The maximum atomic E-state index is 10.4. The van der Waals surface area contributed by atoms with E-state index in [0.29, 0.717) is 3.57 Å². The number of benzene rings is 1. The molecule has 1 rings (SSSR count). The zero-order valence-electron chi connectivity index (χ0n) is 5.62. The molecule has 1 aromatic rings. The van der Waals surface area contributed by atoms with Crippen molar-refractivity contribution in [3.05, 3.63) is 29.4 Å². The minimum Gasteiger partial charge on any atom is -0.505 e. The second-order valence-electron chi connectivity index (χ2n) is 1.99. The summed E-state index contributed by atoms with van der Waals surface area (Å²) in [4.78, 5) is 9.86. The molecule has 0 heterocycles. The Kier molecular flexibility index (Phi) is 3.09. The maximum absolute atomic E-state index is 10.4. The van der Waals surface area contributed by atoms with Gasteiger partial charge < -0.3 is 5.11 Å². The van der Waals surface area contributed by atoms with Crippen LogP contribution in [-0.4, -0.2) is 10.0 Å². The molecule has 0 saturated carbocycles. The van der Waals surface area contributed by atoms with Gasteiger partial charge in [0.1, 0.15) is 9.32 Å². The molecule has 1 N–H and O–H groups in total. The van der Waals surface area contributed by atoms with Gasteiger partial charge in [-0.2, -0.15) is 0 Å². The zero-order valence-corrected chi connectivity index (χ0v) is 9.94. The summed E-state index contributed by atoms with van der Waals surface area (Å²) in [5.41, 5.74) is -0.0616. The van der Waals surface area contributed by atoms with Crippen LogP contribution in [0.1, 0.15) is 0 Å². The number of aromatic hydroxyl groups is 1. The van der Waals surface area contributed by atoms with E-state index in [-0.39, 0.29) is 15.0 Å². The van der Waals surface area contributed by atoms with Gasteiger partial charge in [-0.1, -0.05) is 0 Å². The fraction of sp³-hybridized carbons (Fsp3) is 0. The van der Waals surface area contributed by atoms with Crippen LogP contribution in [0.15, 0.2) is 12.1 Å². The first-order valence-electron chi connectivity index (χ1n) is 2.85. The molecule has 0 amide bonds. The normalized spacial score (nSPS) is 9.83. The van der Waals surface area contributed by atoms with Crippen molar-refractivity contribution in [3.8, 4) is 5.75 Å². The van der Waals surface area contributed by atoms with Crippen LogP contribution in [0.4, 0.5) is 5.69 Å². The molecule has 0 aliphatic rings. The Morgan fingerprint density at radius 2 is 2.00 bits per heavy atom. The van der Waals surface area contributed by atoms with E-state index in [1.807, 2.05) is 22.6 Å². The quantitative estimate of drug-likeness (QED) is 0.455. The van der Waals surface area contributed by atoms with E-state index in [1.54, 1.807) is 22.6 Å². The summed E-state index contributed by atoms with van der Waals surface area (Å²) in [7, 11) is 0. The summed E-state index contributed by atoms with van der Waals surface area (Å²) in [5, 5.41) is 19.7. The van der Waals surface area contributed by atoms with Crippen LogP contribution in [0.25, 0.3) is 0 Å². The van der Waals surface area contributed by atoms with Crippen molar-refractivity contribution in [2.24, 2.45) is 0 Å². The molecule has 12 heavy (non-hydrogen) atoms. The molecule has 0 bridgehead atoms. The van der Waals surface area contributed by atoms with Gasteiger partial charge in [-0.3, -0.25) is 10.1 Å². The molecule has 0 aliphatic carbocycles. The van der Waals surface area contributed by atoms with E-state index in [0.717, 1.165) is 0 Å². The van der Waals surface area contributed by atoms with E-state index in [1.165, 1.54) is 12.1 Å². The molecule has 0 fully saturated rings. The van der Waals surface area contributed by atoms with E-state index in [4.69, 9.17) is 0 Å². The number of nitro groups is 1. The SMILES string of the molecule is O=[N+]([O-])c1ccc(I)c(O)c1I. The van der Waals surface area contributed by atoms with Crippen LogP contribution in [-0.2, 0) is 0 Å². The number of rotatable bonds is 1. The predicted molar refractivity (Wildman–Crippen MR) is 60.2 cm³/mol. The number of nitro benzene ring substituents is 1. The molecule has 0 aromatic heterocycles. The lowest BCUT2D eigenvalue weighted by molar-refractivity contribution is -0.385. The number of phenols is 1. The highest BCUT2D eigenvalue weighted by Gasteiger charge is 2.16. The van der Waals surface area contributed by atoms with Crippen LogP contribution < -0.4 is 0 Å². The highest BCUT2D eigenvalue weighted by Crippen LogP contribution is 2.32. The first kappa shape index (κ1) is 9.96. The second-order valence-corrected chi connectivity index (χ2v) is 4.23. The first-order chi connectivity index (χ1) is 5.54. The van der Waals surface area contributed by atoms with E-state index >= 15 is 0 Å². The minimum absolute atomic E-state index is 0.0228. The number of hydrogen-bond donors (Lipinski definition) is 1. The van der Waals surface area contributed by atoms with Gasteiger partial charge in [0.2, 0.25) is 0 Å². The third-order valence-electron chi connectivity index (χ3n) is 1.24. The predicted octanol–water partition coefficient (Wildman–Crippen LogP) is 2.51. The molecule has 0 radical (unpaired) electrons. The monoisotopic (exact) mass is 391 g/mol. The Hall–Kier alpha value is -0.120. The van der Waals surface area contributed by atoms with Crippen LogP contribution in [0, 0.1) is 17.3 Å². The van der Waals surface area contributed by atoms with Crippen molar-refractivity contribution in [1.29, 1.82) is 0 Å². The molecule has 4 nitrogen and oxygen atoms in total. The van der Waals surface area contributed by atoms with Gasteiger partial charge in [0, 0.05) is 6.07 Å². The Balaban J connectivity index is 3.36. The van der Waals surface area contributed by atoms with Crippen molar-refractivity contribution in [1.82, 2.24) is 0 Å². The summed E-state index contributed by atoms with van der Waals surface area (Å²) in [6, 6.07) is 2.89. The molecule has 6 heteroatoms. The Morgan fingerprint density at radius 1 is 1.42 bits per heavy atom. The third-order valence-corrected chi connectivity index (χ3v) is 3.18. The standard InChI is InChI=1S/C6H3I2NO3/c7-3-1-2-4(9(11)12)5(8)6(3)10/h1-2,10H. The highest BCUT2D eigenvalue weighted by atomic mass is 127. The molecule has 0 spiro atoms. The fourth-order valence-corrected chi connectivity index (χ4v) is 2.30. The lowest BCUT2D eigenvalue weighted by atomic mass is 10.3. The zero-order chi connectivity index (χ0) is 9.30. The van der Waals surface area contributed by atoms with E-state index < -0.39 is 4.92 Å². The van der Waals surface area contributed by atoms with Crippen molar-refractivity contribution >= 4 is 50.9 Å². The van der Waals surface area contributed by atoms with Crippen molar-refractivity contribution in [3.63, 3.8) is 0 Å². The lowest BCUT2D eigenvalue weighted by Crippen LogP contribution is -1.92. The van der Waals surface area contributed by atoms with Crippen LogP contribution in [0.2, 0.25) is 0 Å². The molecule has 0 atom stereocenters. The number of halogens is 2. The van der Waals surface area contributed by atoms with Gasteiger partial charge in [-0.05, 0) is 51.2 Å². The fourth-order valence-electron chi connectivity index (χ4n) is 0.671. The second kappa shape index (κ2) is 3.73. The molecule has 1 aromatic carbocycles. The largest absolute Gasteiger partial charge is 0.505 e. The number of nitrogens with zero attached hydrogens (tertiary/aromatic N) is 1. The molecule has 64 valence electrons. The Labute approximate surface area is 95.4 Å². The maximum Gasteiger partial charge on any atom is 0.286 e. The third kappa shape index (κ3) is 1.79. The van der Waals surface area contributed by atoms with Crippen molar-refractivity contribution < 1.29 is 10.0 Å². The summed E-state index contributed by atoms with van der Waals surface area (Å²) >= 11 is 3.66. The smallest absolute Gasteiger partial charge is 0.286 e. The van der Waals surface area contributed by atoms with Crippen molar-refractivity contribution in [2.45, 2.75) is 0 Å². The topological polar surface area (TPSA) is 63.4 Å². The summed E-state index contributed by atoms with van der Waals surface area (Å²) in [5.74, 6) is -0.0228. The van der Waals surface area contributed by atoms with Gasteiger partial charge in [0.15, 0.2) is 0 Å². The minimum atomic E-state index is -0.516. The van der Waals surface area contributed by atoms with Crippen LogP contribution in [0.5, 0.6) is 5.75 Å². The lowest BCUT2D eigenvalue weighted by Gasteiger charge is -1.99. The van der Waals surface area contributed by atoms with Gasteiger partial charge in [-0.25, -0.2) is 0 Å². The molecule has 0 aliphatic heterocycles. The Bertz CT molecular complexity index is 340. The van der Waals surface area contributed by atoms with Crippen LogP contribution in [0.3, 0.4) is 0 Å².